The fourth-order valence-electron chi connectivity index (χ4n) is 6.26. The molecule has 0 unspecified atom stereocenters. The smallest absolute Gasteiger partial charge is 0.00923 e. The number of hydrogen-bond donors (Lipinski definition) is 0. The molecule has 0 aromatic heterocycles. The van der Waals surface area contributed by atoms with Gasteiger partial charge in [0.1, 0.15) is 0 Å². The molecule has 0 saturated heterocycles. The molecule has 0 nitrogen and oxygen atoms in total. The fraction of sp³-hybridized carbons (Fsp3) is 0. The molecule has 0 heterocycles. The van der Waals surface area contributed by atoms with Crippen molar-refractivity contribution in [3.8, 4) is 33.4 Å². The predicted molar refractivity (Wildman–Crippen MR) is 173 cm³/mol. The van der Waals surface area contributed by atoms with E-state index < -0.39 is 0 Å². The summed E-state index contributed by atoms with van der Waals surface area (Å²) in [5.41, 5.74) is 7.51. The van der Waals surface area contributed by atoms with Gasteiger partial charge < -0.3 is 0 Å². The Morgan fingerprint density at radius 2 is 0.675 bits per heavy atom. The highest BCUT2D eigenvalue weighted by molar-refractivity contribution is 6.23. The number of fused-ring (bicyclic) bond motifs is 6. The van der Waals surface area contributed by atoms with Gasteiger partial charge in [-0.05, 0) is 94.7 Å². The Bertz CT molecular complexity index is 2190. The Morgan fingerprint density at radius 1 is 0.225 bits per heavy atom. The third kappa shape index (κ3) is 3.69. The molecule has 0 aliphatic rings. The summed E-state index contributed by atoms with van der Waals surface area (Å²) < 4.78 is 0. The van der Waals surface area contributed by atoms with Crippen molar-refractivity contribution in [2.75, 3.05) is 0 Å². The van der Waals surface area contributed by atoms with E-state index in [1.54, 1.807) is 0 Å². The zero-order valence-electron chi connectivity index (χ0n) is 22.0. The molecule has 0 aliphatic carbocycles. The molecule has 0 fully saturated rings. The average Bonchev–Trinajstić information content (AvgIpc) is 3.04. The van der Waals surface area contributed by atoms with Gasteiger partial charge in [0.25, 0.3) is 0 Å². The first kappa shape index (κ1) is 22.8. The van der Waals surface area contributed by atoms with Gasteiger partial charge in [0.15, 0.2) is 0 Å². The van der Waals surface area contributed by atoms with E-state index in [0.29, 0.717) is 0 Å². The molecule has 8 aromatic rings. The molecule has 0 bridgehead atoms. The molecule has 0 radical (unpaired) electrons. The molecule has 8 aromatic carbocycles. The summed E-state index contributed by atoms with van der Waals surface area (Å²) in [6, 6.07) is 57.5. The lowest BCUT2D eigenvalue weighted by molar-refractivity contribution is 1.63. The Hall–Kier alpha value is -5.20. The highest BCUT2D eigenvalue weighted by Gasteiger charge is 2.14. The summed E-state index contributed by atoms with van der Waals surface area (Å²) >= 11 is 0. The van der Waals surface area contributed by atoms with E-state index in [4.69, 9.17) is 0 Å². The molecule has 0 saturated carbocycles. The summed E-state index contributed by atoms with van der Waals surface area (Å²) in [6.45, 7) is 0. The van der Waals surface area contributed by atoms with Gasteiger partial charge in [0.2, 0.25) is 0 Å². The van der Waals surface area contributed by atoms with E-state index >= 15 is 0 Å². The summed E-state index contributed by atoms with van der Waals surface area (Å²) in [5.74, 6) is 0. The zero-order valence-corrected chi connectivity index (χ0v) is 22.0. The first-order chi connectivity index (χ1) is 19.8. The van der Waals surface area contributed by atoms with Crippen LogP contribution in [0.1, 0.15) is 0 Å². The van der Waals surface area contributed by atoms with Gasteiger partial charge in [-0.25, -0.2) is 0 Å². The molecule has 0 aliphatic heterocycles. The van der Waals surface area contributed by atoms with Crippen LogP contribution in [0.15, 0.2) is 158 Å². The van der Waals surface area contributed by atoms with Gasteiger partial charge in [-0.15, -0.1) is 0 Å². The van der Waals surface area contributed by atoms with Crippen molar-refractivity contribution in [3.05, 3.63) is 158 Å². The fourth-order valence-corrected chi connectivity index (χ4v) is 6.26. The Kier molecular flexibility index (Phi) is 5.24. The monoisotopic (exact) mass is 506 g/mol. The molecule has 0 spiro atoms. The minimum absolute atomic E-state index is 1.23. The highest BCUT2D eigenvalue weighted by atomic mass is 14.2. The maximum absolute atomic E-state index is 2.40. The first-order valence-electron chi connectivity index (χ1n) is 13.9. The molecule has 0 heteroatoms. The average molecular weight is 507 g/mol. The van der Waals surface area contributed by atoms with Crippen molar-refractivity contribution in [2.45, 2.75) is 0 Å². The van der Waals surface area contributed by atoms with Gasteiger partial charge in [-0.1, -0.05) is 140 Å². The van der Waals surface area contributed by atoms with E-state index in [2.05, 4.69) is 158 Å². The van der Waals surface area contributed by atoms with Crippen LogP contribution >= 0.6 is 0 Å². The van der Waals surface area contributed by atoms with Gasteiger partial charge in [-0.3, -0.25) is 0 Å². The summed E-state index contributed by atoms with van der Waals surface area (Å²) in [5, 5.41) is 10.3. The second-order valence-corrected chi connectivity index (χ2v) is 10.5. The van der Waals surface area contributed by atoms with Crippen molar-refractivity contribution in [1.29, 1.82) is 0 Å². The van der Waals surface area contributed by atoms with Gasteiger partial charge >= 0.3 is 0 Å². The minimum atomic E-state index is 1.23. The van der Waals surface area contributed by atoms with Gasteiger partial charge in [-0.2, -0.15) is 0 Å². The van der Waals surface area contributed by atoms with E-state index in [1.165, 1.54) is 76.5 Å². The molecule has 0 amide bonds. The molecule has 8 rings (SSSR count). The number of benzene rings is 8. The topological polar surface area (TPSA) is 0 Å². The van der Waals surface area contributed by atoms with Crippen molar-refractivity contribution < 1.29 is 0 Å². The van der Waals surface area contributed by atoms with E-state index in [9.17, 15) is 0 Å². The van der Waals surface area contributed by atoms with Crippen molar-refractivity contribution in [3.63, 3.8) is 0 Å². The third-order valence-corrected chi connectivity index (χ3v) is 8.25. The molecule has 0 N–H and O–H groups in total. The van der Waals surface area contributed by atoms with Crippen LogP contribution in [-0.4, -0.2) is 0 Å². The van der Waals surface area contributed by atoms with Gasteiger partial charge in [0, 0.05) is 0 Å². The second kappa shape index (κ2) is 9.22. The molecular formula is C40H26. The standard InChI is InChI=1S/C40H26/c1-2-11-29(12-3-1)37-25-39-36-17-9-7-15-34(36)38(26-40(39)35-16-8-6-14-33(35)37)30-21-18-28(19-22-30)32-23-20-27-10-4-5-13-31(27)24-32/h1-26H. The molecule has 0 atom stereocenters. The van der Waals surface area contributed by atoms with Crippen molar-refractivity contribution >= 4 is 43.1 Å². The Morgan fingerprint density at radius 3 is 1.30 bits per heavy atom. The number of hydrogen-bond acceptors (Lipinski definition) is 0. The quantitative estimate of drug-likeness (QED) is 0.209. The highest BCUT2D eigenvalue weighted by Crippen LogP contribution is 2.42. The lowest BCUT2D eigenvalue weighted by Crippen LogP contribution is -1.89. The zero-order chi connectivity index (χ0) is 26.5. The molecule has 186 valence electrons. The van der Waals surface area contributed by atoms with Crippen LogP contribution < -0.4 is 0 Å². The van der Waals surface area contributed by atoms with Gasteiger partial charge in [0.05, 0.1) is 0 Å². The maximum atomic E-state index is 2.40. The van der Waals surface area contributed by atoms with Crippen LogP contribution in [0.25, 0.3) is 76.5 Å². The van der Waals surface area contributed by atoms with Crippen molar-refractivity contribution in [2.24, 2.45) is 0 Å². The summed E-state index contributed by atoms with van der Waals surface area (Å²) in [7, 11) is 0. The third-order valence-electron chi connectivity index (χ3n) is 8.25. The summed E-state index contributed by atoms with van der Waals surface area (Å²) in [4.78, 5) is 0. The normalized spacial score (nSPS) is 11.5. The first-order valence-corrected chi connectivity index (χ1v) is 13.9. The van der Waals surface area contributed by atoms with Crippen LogP contribution in [-0.2, 0) is 0 Å². The van der Waals surface area contributed by atoms with E-state index in [-0.39, 0.29) is 0 Å². The maximum Gasteiger partial charge on any atom is -0.00923 e. The second-order valence-electron chi connectivity index (χ2n) is 10.5. The van der Waals surface area contributed by atoms with Crippen LogP contribution in [0.4, 0.5) is 0 Å². The van der Waals surface area contributed by atoms with Crippen LogP contribution in [0.2, 0.25) is 0 Å². The molecule has 40 heavy (non-hydrogen) atoms. The predicted octanol–water partition coefficient (Wildman–Crippen LogP) is 11.3. The Balaban J connectivity index is 1.34. The van der Waals surface area contributed by atoms with E-state index in [0.717, 1.165) is 0 Å². The number of rotatable bonds is 3. The van der Waals surface area contributed by atoms with Crippen LogP contribution in [0.5, 0.6) is 0 Å². The van der Waals surface area contributed by atoms with Crippen molar-refractivity contribution in [1.82, 2.24) is 0 Å². The van der Waals surface area contributed by atoms with E-state index in [1.807, 2.05) is 0 Å². The Labute approximate surface area is 233 Å². The van der Waals surface area contributed by atoms with Crippen LogP contribution in [0.3, 0.4) is 0 Å². The summed E-state index contributed by atoms with van der Waals surface area (Å²) in [6.07, 6.45) is 0. The molecular weight excluding hydrogens is 480 g/mol. The minimum Gasteiger partial charge on any atom is -0.0622 e. The lowest BCUT2D eigenvalue weighted by atomic mass is 9.87. The lowest BCUT2D eigenvalue weighted by Gasteiger charge is -2.16. The largest absolute Gasteiger partial charge is 0.0622 e. The van der Waals surface area contributed by atoms with Crippen LogP contribution in [0, 0.1) is 0 Å². The SMILES string of the molecule is c1ccc(-c2cc3c4ccccc4c(-c4ccc(-c5ccc6ccccc6c5)cc4)cc3c3ccccc23)cc1.